The van der Waals surface area contributed by atoms with Gasteiger partial charge in [-0.05, 0) is 12.0 Å². The van der Waals surface area contributed by atoms with Gasteiger partial charge in [0, 0.05) is 13.2 Å². The summed E-state index contributed by atoms with van der Waals surface area (Å²) in [5, 5.41) is 27.0. The fraction of sp³-hybridized carbons (Fsp3) is 0.375. The van der Waals surface area contributed by atoms with Crippen molar-refractivity contribution < 1.29 is 5.11 Å². The van der Waals surface area contributed by atoms with E-state index >= 15 is 0 Å². The number of aromatic amines is 1. The minimum atomic E-state index is -0.102. The van der Waals surface area contributed by atoms with Crippen LogP contribution < -0.4 is 5.32 Å². The van der Waals surface area contributed by atoms with Crippen LogP contribution in [0.2, 0.25) is 0 Å². The summed E-state index contributed by atoms with van der Waals surface area (Å²) >= 11 is 0. The van der Waals surface area contributed by atoms with Crippen molar-refractivity contribution in [3.8, 4) is 17.3 Å². The van der Waals surface area contributed by atoms with Crippen LogP contribution in [-0.4, -0.2) is 42.5 Å². The molecule has 3 heterocycles. The number of nitrogens with zero attached hydrogens (tertiary/aromatic N) is 5. The van der Waals surface area contributed by atoms with Gasteiger partial charge in [-0.1, -0.05) is 13.8 Å². The number of aryl methyl sites for hydroxylation is 1. The van der Waals surface area contributed by atoms with Gasteiger partial charge in [0.05, 0.1) is 29.3 Å². The molecule has 0 fully saturated rings. The minimum absolute atomic E-state index is 0.0155. The molecule has 3 aromatic heterocycles. The van der Waals surface area contributed by atoms with Crippen LogP contribution in [0.25, 0.3) is 22.3 Å². The number of nitriles is 1. The molecule has 24 heavy (non-hydrogen) atoms. The third kappa shape index (κ3) is 2.81. The Hall–Kier alpha value is -2.92. The highest BCUT2D eigenvalue weighted by Gasteiger charge is 2.17. The Morgan fingerprint density at radius 2 is 2.21 bits per heavy atom. The second-order valence-electron chi connectivity index (χ2n) is 6.02. The monoisotopic (exact) mass is 325 g/mol. The normalized spacial score (nSPS) is 12.5. The van der Waals surface area contributed by atoms with E-state index in [2.05, 4.69) is 31.4 Å². The number of hydrogen-bond acceptors (Lipinski definition) is 6. The summed E-state index contributed by atoms with van der Waals surface area (Å²) in [4.78, 5) is 11.7. The van der Waals surface area contributed by atoms with E-state index in [0.717, 1.165) is 11.1 Å². The summed E-state index contributed by atoms with van der Waals surface area (Å²) in [6.45, 7) is 4.08. The number of fused-ring (bicyclic) bond motifs is 1. The van der Waals surface area contributed by atoms with Gasteiger partial charge in [-0.2, -0.15) is 10.4 Å². The first kappa shape index (κ1) is 16.0. The Morgan fingerprint density at radius 3 is 2.88 bits per heavy atom. The standard InChI is InChI=1S/C16H19N7O/c1-9(2)14(7-24)21-16-10-4-12(20-15(10)18-8-19-16)11-6-23(3)22-13(11)5-17/h4,6,8-9,14,24H,7H2,1-3H3,(H2,18,19,20,21). The highest BCUT2D eigenvalue weighted by Crippen LogP contribution is 2.28. The molecule has 8 heteroatoms. The molecular formula is C16H19N7O. The molecule has 0 saturated carbocycles. The van der Waals surface area contributed by atoms with Gasteiger partial charge < -0.3 is 15.4 Å². The Bertz CT molecular complexity index is 903. The van der Waals surface area contributed by atoms with Crippen LogP contribution in [0.15, 0.2) is 18.6 Å². The van der Waals surface area contributed by atoms with Crippen LogP contribution in [0, 0.1) is 17.2 Å². The summed E-state index contributed by atoms with van der Waals surface area (Å²) < 4.78 is 1.60. The SMILES string of the molecule is CC(C)C(CO)Nc1ncnc2[nH]c(-c3cn(C)nc3C#N)cc12. The van der Waals surface area contributed by atoms with Crippen molar-refractivity contribution in [1.29, 1.82) is 5.26 Å². The van der Waals surface area contributed by atoms with Gasteiger partial charge in [0.25, 0.3) is 0 Å². The Labute approximate surface area is 139 Å². The summed E-state index contributed by atoms with van der Waals surface area (Å²) in [6, 6.07) is 3.88. The lowest BCUT2D eigenvalue weighted by molar-refractivity contribution is 0.249. The number of hydrogen-bond donors (Lipinski definition) is 3. The average Bonchev–Trinajstić information content (AvgIpc) is 3.15. The topological polar surface area (TPSA) is 115 Å². The predicted octanol–water partition coefficient (Wildman–Crippen LogP) is 1.66. The summed E-state index contributed by atoms with van der Waals surface area (Å²) in [6.07, 6.45) is 3.25. The molecule has 1 atom stereocenters. The highest BCUT2D eigenvalue weighted by molar-refractivity contribution is 5.92. The molecule has 1 unspecified atom stereocenters. The number of anilines is 1. The summed E-state index contributed by atoms with van der Waals surface area (Å²) in [7, 11) is 1.77. The van der Waals surface area contributed by atoms with Crippen LogP contribution in [0.5, 0.6) is 0 Å². The fourth-order valence-corrected chi connectivity index (χ4v) is 2.57. The van der Waals surface area contributed by atoms with E-state index in [1.54, 1.807) is 17.9 Å². The number of aliphatic hydroxyl groups is 1. The van der Waals surface area contributed by atoms with Crippen molar-refractivity contribution in [3.63, 3.8) is 0 Å². The van der Waals surface area contributed by atoms with Crippen LogP contribution in [-0.2, 0) is 7.05 Å². The van der Waals surface area contributed by atoms with Crippen molar-refractivity contribution in [2.75, 3.05) is 11.9 Å². The molecule has 3 aromatic rings. The highest BCUT2D eigenvalue weighted by atomic mass is 16.3. The lowest BCUT2D eigenvalue weighted by atomic mass is 10.1. The van der Waals surface area contributed by atoms with Gasteiger partial charge in [-0.25, -0.2) is 9.97 Å². The van der Waals surface area contributed by atoms with E-state index in [1.807, 2.05) is 19.9 Å². The predicted molar refractivity (Wildman–Crippen MR) is 90.1 cm³/mol. The molecular weight excluding hydrogens is 306 g/mol. The van der Waals surface area contributed by atoms with Gasteiger partial charge in [-0.15, -0.1) is 0 Å². The molecule has 0 spiro atoms. The number of aliphatic hydroxyl groups excluding tert-OH is 1. The molecule has 124 valence electrons. The zero-order valence-electron chi connectivity index (χ0n) is 13.8. The third-order valence-corrected chi connectivity index (χ3v) is 3.97. The third-order valence-electron chi connectivity index (χ3n) is 3.97. The zero-order valence-corrected chi connectivity index (χ0v) is 13.8. The number of rotatable bonds is 5. The maximum Gasteiger partial charge on any atom is 0.171 e. The van der Waals surface area contributed by atoms with Gasteiger partial charge in [0.2, 0.25) is 0 Å². The lowest BCUT2D eigenvalue weighted by Crippen LogP contribution is -2.29. The molecule has 8 nitrogen and oxygen atoms in total. The van der Waals surface area contributed by atoms with E-state index in [1.165, 1.54) is 6.33 Å². The first-order chi connectivity index (χ1) is 11.5. The molecule has 0 bridgehead atoms. The quantitative estimate of drug-likeness (QED) is 0.657. The molecule has 0 aliphatic rings. The average molecular weight is 325 g/mol. The molecule has 3 N–H and O–H groups in total. The molecule has 0 aliphatic heterocycles. The molecule has 0 radical (unpaired) electrons. The summed E-state index contributed by atoms with van der Waals surface area (Å²) in [5.74, 6) is 0.902. The molecule has 0 saturated heterocycles. The van der Waals surface area contributed by atoms with E-state index < -0.39 is 0 Å². The van der Waals surface area contributed by atoms with Crippen LogP contribution in [0.3, 0.4) is 0 Å². The molecule has 0 aromatic carbocycles. The summed E-state index contributed by atoms with van der Waals surface area (Å²) in [5.41, 5.74) is 2.48. The van der Waals surface area contributed by atoms with Crippen LogP contribution in [0.4, 0.5) is 5.82 Å². The molecule has 0 amide bonds. The Morgan fingerprint density at radius 1 is 1.42 bits per heavy atom. The lowest BCUT2D eigenvalue weighted by Gasteiger charge is -2.20. The van der Waals surface area contributed by atoms with Gasteiger partial charge in [0.15, 0.2) is 5.69 Å². The first-order valence-corrected chi connectivity index (χ1v) is 7.68. The van der Waals surface area contributed by atoms with Crippen molar-refractivity contribution in [2.45, 2.75) is 19.9 Å². The number of nitrogens with one attached hydrogen (secondary N) is 2. The molecule has 0 aliphatic carbocycles. The van der Waals surface area contributed by atoms with E-state index in [4.69, 9.17) is 0 Å². The first-order valence-electron chi connectivity index (χ1n) is 7.68. The second-order valence-corrected chi connectivity index (χ2v) is 6.02. The largest absolute Gasteiger partial charge is 0.394 e. The van der Waals surface area contributed by atoms with E-state index in [-0.39, 0.29) is 18.6 Å². The van der Waals surface area contributed by atoms with E-state index in [9.17, 15) is 10.4 Å². The smallest absolute Gasteiger partial charge is 0.171 e. The van der Waals surface area contributed by atoms with Crippen LogP contribution >= 0.6 is 0 Å². The van der Waals surface area contributed by atoms with Gasteiger partial charge >= 0.3 is 0 Å². The molecule has 3 rings (SSSR count). The van der Waals surface area contributed by atoms with Crippen molar-refractivity contribution in [1.82, 2.24) is 24.7 Å². The minimum Gasteiger partial charge on any atom is -0.394 e. The Kier molecular flexibility index (Phi) is 4.18. The Balaban J connectivity index is 2.06. The van der Waals surface area contributed by atoms with E-state index in [0.29, 0.717) is 22.7 Å². The van der Waals surface area contributed by atoms with Gasteiger partial charge in [0.1, 0.15) is 23.9 Å². The zero-order chi connectivity index (χ0) is 17.3. The maximum absolute atomic E-state index is 9.52. The maximum atomic E-state index is 9.52. The van der Waals surface area contributed by atoms with Crippen LogP contribution in [0.1, 0.15) is 19.5 Å². The van der Waals surface area contributed by atoms with Crippen molar-refractivity contribution >= 4 is 16.9 Å². The number of aromatic nitrogens is 5. The second kappa shape index (κ2) is 6.29. The van der Waals surface area contributed by atoms with Crippen molar-refractivity contribution in [3.05, 3.63) is 24.3 Å². The fourth-order valence-electron chi connectivity index (χ4n) is 2.57. The van der Waals surface area contributed by atoms with Gasteiger partial charge in [-0.3, -0.25) is 4.68 Å². The van der Waals surface area contributed by atoms with Crippen molar-refractivity contribution in [2.24, 2.45) is 13.0 Å². The number of H-pyrrole nitrogens is 1.